The van der Waals surface area contributed by atoms with Crippen LogP contribution in [-0.4, -0.2) is 19.2 Å². The van der Waals surface area contributed by atoms with E-state index in [1.165, 1.54) is 12.7 Å². The van der Waals surface area contributed by atoms with Gasteiger partial charge in [-0.3, -0.25) is 9.78 Å². The first-order chi connectivity index (χ1) is 14.0. The summed E-state index contributed by atoms with van der Waals surface area (Å²) in [5, 5.41) is 1.95. The highest BCUT2D eigenvalue weighted by molar-refractivity contribution is 6.02. The molecule has 0 atom stereocenters. The Morgan fingerprint density at radius 3 is 2.10 bits per heavy atom. The van der Waals surface area contributed by atoms with Crippen LogP contribution in [0.4, 0.5) is 0 Å². The molecule has 4 heteroatoms. The first kappa shape index (κ1) is 18.8. The maximum absolute atomic E-state index is 12.7. The van der Waals surface area contributed by atoms with Gasteiger partial charge in [0.1, 0.15) is 5.75 Å². The van der Waals surface area contributed by atoms with Gasteiger partial charge in [-0.25, -0.2) is 0 Å². The van der Waals surface area contributed by atoms with Crippen LogP contribution >= 0.6 is 0 Å². The summed E-state index contributed by atoms with van der Waals surface area (Å²) in [7, 11) is 3.21. The van der Waals surface area contributed by atoms with Gasteiger partial charge in [-0.15, -0.1) is 0 Å². The second kappa shape index (κ2) is 7.47. The summed E-state index contributed by atoms with van der Waals surface area (Å²) in [5.74, 6) is 1.26. The number of benzene rings is 3. The van der Waals surface area contributed by atoms with Crippen molar-refractivity contribution in [2.75, 3.05) is 14.2 Å². The summed E-state index contributed by atoms with van der Waals surface area (Å²) in [6, 6.07) is 20.3. The molecule has 3 aromatic carbocycles. The fourth-order valence-electron chi connectivity index (χ4n) is 3.75. The van der Waals surface area contributed by atoms with E-state index < -0.39 is 0 Å². The van der Waals surface area contributed by atoms with Gasteiger partial charge in [-0.05, 0) is 65.8 Å². The molecule has 1 heterocycles. The van der Waals surface area contributed by atoms with Crippen LogP contribution in [0.25, 0.3) is 33.0 Å². The number of ether oxygens (including phenoxy) is 2. The van der Waals surface area contributed by atoms with Crippen molar-refractivity contribution in [3.8, 4) is 33.9 Å². The number of H-pyrrole nitrogens is 1. The van der Waals surface area contributed by atoms with Crippen LogP contribution in [0.1, 0.15) is 11.1 Å². The van der Waals surface area contributed by atoms with Crippen molar-refractivity contribution < 1.29 is 9.47 Å². The molecule has 146 valence electrons. The predicted octanol–water partition coefficient (Wildman–Crippen LogP) is 5.50. The number of nitrogens with one attached hydrogen (secondary N) is 1. The molecule has 0 bridgehead atoms. The molecule has 0 amide bonds. The summed E-state index contributed by atoms with van der Waals surface area (Å²) in [6.07, 6.45) is 0. The van der Waals surface area contributed by atoms with E-state index in [1.54, 1.807) is 19.2 Å². The van der Waals surface area contributed by atoms with Crippen LogP contribution < -0.4 is 15.0 Å². The molecular formula is C25H23NO3. The van der Waals surface area contributed by atoms with Crippen LogP contribution in [0.5, 0.6) is 11.6 Å². The molecule has 0 aliphatic rings. The number of aryl methyl sites for hydroxylation is 2. The first-order valence-electron chi connectivity index (χ1n) is 9.48. The normalized spacial score (nSPS) is 10.9. The van der Waals surface area contributed by atoms with Crippen molar-refractivity contribution >= 4 is 10.8 Å². The molecule has 0 unspecified atom stereocenters. The van der Waals surface area contributed by atoms with Crippen molar-refractivity contribution in [2.45, 2.75) is 13.8 Å². The van der Waals surface area contributed by atoms with Gasteiger partial charge in [0.2, 0.25) is 0 Å². The highest BCUT2D eigenvalue weighted by Gasteiger charge is 2.15. The molecule has 4 nitrogen and oxygen atoms in total. The summed E-state index contributed by atoms with van der Waals surface area (Å²) >= 11 is 0. The Hall–Kier alpha value is -3.53. The van der Waals surface area contributed by atoms with Gasteiger partial charge in [0, 0.05) is 10.9 Å². The number of fused-ring (bicyclic) bond motifs is 1. The monoisotopic (exact) mass is 385 g/mol. The van der Waals surface area contributed by atoms with E-state index in [-0.39, 0.29) is 5.56 Å². The van der Waals surface area contributed by atoms with Crippen molar-refractivity contribution in [3.63, 3.8) is 0 Å². The number of methoxy groups -OCH3 is 2. The van der Waals surface area contributed by atoms with E-state index in [9.17, 15) is 4.79 Å². The third-order valence-electron chi connectivity index (χ3n) is 5.26. The maximum atomic E-state index is 12.7. The van der Waals surface area contributed by atoms with Gasteiger partial charge in [0.05, 0.1) is 14.2 Å². The van der Waals surface area contributed by atoms with Crippen molar-refractivity contribution in [3.05, 3.63) is 82.1 Å². The Labute approximate surface area is 169 Å². The van der Waals surface area contributed by atoms with Crippen LogP contribution in [0.15, 0.2) is 65.5 Å². The summed E-state index contributed by atoms with van der Waals surface area (Å²) < 4.78 is 10.9. The third kappa shape index (κ3) is 3.38. The number of pyridine rings is 1. The Bertz CT molecular complexity index is 1250. The minimum absolute atomic E-state index is 0.183. The fraction of sp³-hybridized carbons (Fsp3) is 0.160. The van der Waals surface area contributed by atoms with E-state index >= 15 is 0 Å². The van der Waals surface area contributed by atoms with E-state index in [4.69, 9.17) is 9.47 Å². The molecule has 1 N–H and O–H groups in total. The van der Waals surface area contributed by atoms with Gasteiger partial charge in [0.25, 0.3) is 5.56 Å². The zero-order chi connectivity index (χ0) is 20.5. The second-order valence-electron chi connectivity index (χ2n) is 7.17. The van der Waals surface area contributed by atoms with Crippen LogP contribution in [0.2, 0.25) is 0 Å². The molecule has 29 heavy (non-hydrogen) atoms. The Morgan fingerprint density at radius 2 is 1.45 bits per heavy atom. The largest absolute Gasteiger partial charge is 0.496 e. The molecule has 1 aromatic heterocycles. The average Bonchev–Trinajstić information content (AvgIpc) is 2.73. The van der Waals surface area contributed by atoms with Gasteiger partial charge in [-0.1, -0.05) is 42.0 Å². The zero-order valence-electron chi connectivity index (χ0n) is 17.0. The van der Waals surface area contributed by atoms with E-state index in [1.807, 2.05) is 13.0 Å². The third-order valence-corrected chi connectivity index (χ3v) is 5.26. The van der Waals surface area contributed by atoms with E-state index in [0.29, 0.717) is 11.4 Å². The maximum Gasteiger partial charge on any atom is 0.258 e. The topological polar surface area (TPSA) is 51.3 Å². The zero-order valence-corrected chi connectivity index (χ0v) is 17.0. The van der Waals surface area contributed by atoms with Crippen molar-refractivity contribution in [1.29, 1.82) is 0 Å². The number of aromatic amines is 1. The molecule has 0 saturated carbocycles. The average molecular weight is 385 g/mol. The number of hydrogen-bond acceptors (Lipinski definition) is 3. The summed E-state index contributed by atoms with van der Waals surface area (Å²) in [4.78, 5) is 15.4. The van der Waals surface area contributed by atoms with Gasteiger partial charge >= 0.3 is 0 Å². The van der Waals surface area contributed by atoms with E-state index in [2.05, 4.69) is 54.4 Å². The lowest BCUT2D eigenvalue weighted by atomic mass is 9.93. The molecule has 0 aliphatic carbocycles. The van der Waals surface area contributed by atoms with E-state index in [0.717, 1.165) is 38.8 Å². The highest BCUT2D eigenvalue weighted by Crippen LogP contribution is 2.38. The fourth-order valence-corrected chi connectivity index (χ4v) is 3.75. The lowest BCUT2D eigenvalue weighted by Crippen LogP contribution is -2.10. The minimum atomic E-state index is -0.183. The molecule has 0 radical (unpaired) electrons. The predicted molar refractivity (Wildman–Crippen MR) is 118 cm³/mol. The summed E-state index contributed by atoms with van der Waals surface area (Å²) in [5.41, 5.74) is 5.75. The highest BCUT2D eigenvalue weighted by atomic mass is 16.5. The van der Waals surface area contributed by atoms with Gasteiger partial charge in [-0.2, -0.15) is 0 Å². The quantitative estimate of drug-likeness (QED) is 0.505. The Balaban J connectivity index is 1.98. The molecule has 4 rings (SSSR count). The standard InChI is InChI=1S/C25H23NO3/c1-15-5-7-17(8-6-15)18-9-10-19-21(13-16(2)24(29-4)22(19)14-18)20-11-12-23(28-3)26-25(20)27/h5-14H,1-4H3,(H,26,27). The number of rotatable bonds is 4. The van der Waals surface area contributed by atoms with Crippen molar-refractivity contribution in [2.24, 2.45) is 0 Å². The SMILES string of the molecule is COc1ccc(-c2cc(C)c(OC)c3cc(-c4ccc(C)cc4)ccc23)c(=O)[nH]1. The lowest BCUT2D eigenvalue weighted by Gasteiger charge is -2.15. The second-order valence-corrected chi connectivity index (χ2v) is 7.17. The molecule has 4 aromatic rings. The summed E-state index contributed by atoms with van der Waals surface area (Å²) in [6.45, 7) is 4.08. The molecule has 0 saturated heterocycles. The molecular weight excluding hydrogens is 362 g/mol. The van der Waals surface area contributed by atoms with Crippen LogP contribution in [0.3, 0.4) is 0 Å². The lowest BCUT2D eigenvalue weighted by molar-refractivity contribution is 0.397. The molecule has 0 aliphatic heterocycles. The number of aromatic nitrogens is 1. The minimum Gasteiger partial charge on any atom is -0.496 e. The van der Waals surface area contributed by atoms with Crippen LogP contribution in [-0.2, 0) is 0 Å². The molecule has 0 fully saturated rings. The molecule has 0 spiro atoms. The Kier molecular flexibility index (Phi) is 4.85. The van der Waals surface area contributed by atoms with Gasteiger partial charge in [0.15, 0.2) is 5.88 Å². The van der Waals surface area contributed by atoms with Gasteiger partial charge < -0.3 is 9.47 Å². The van der Waals surface area contributed by atoms with Crippen LogP contribution in [0, 0.1) is 13.8 Å². The Morgan fingerprint density at radius 1 is 0.724 bits per heavy atom. The van der Waals surface area contributed by atoms with Crippen molar-refractivity contribution in [1.82, 2.24) is 4.98 Å². The first-order valence-corrected chi connectivity index (χ1v) is 9.48. The number of hydrogen-bond donors (Lipinski definition) is 1. The smallest absolute Gasteiger partial charge is 0.258 e.